The van der Waals surface area contributed by atoms with Crippen LogP contribution in [0.15, 0.2) is 42.5 Å². The maximum absolute atomic E-state index is 11.8. The fourth-order valence-electron chi connectivity index (χ4n) is 2.11. The molecule has 0 aromatic heterocycles. The maximum Gasteiger partial charge on any atom is 0.344 e. The number of carbonyl (C=O) groups excluding carboxylic acids is 2. The normalized spacial score (nSPS) is 10.0. The number of methoxy groups -OCH3 is 2. The molecule has 6 nitrogen and oxygen atoms in total. The highest BCUT2D eigenvalue weighted by molar-refractivity contribution is 5.94. The van der Waals surface area contributed by atoms with Gasteiger partial charge in [0.05, 0.1) is 14.2 Å². The van der Waals surface area contributed by atoms with Crippen LogP contribution in [0.1, 0.15) is 22.8 Å². The molecule has 2 rings (SSSR count). The van der Waals surface area contributed by atoms with Gasteiger partial charge >= 0.3 is 5.97 Å². The van der Waals surface area contributed by atoms with Crippen LogP contribution >= 0.6 is 0 Å². The van der Waals surface area contributed by atoms with E-state index in [1.54, 1.807) is 31.4 Å². The van der Waals surface area contributed by atoms with Crippen molar-refractivity contribution >= 4 is 11.8 Å². The number of ketones is 1. The Morgan fingerprint density at radius 3 is 2.44 bits per heavy atom. The Morgan fingerprint density at radius 1 is 0.960 bits per heavy atom. The van der Waals surface area contributed by atoms with E-state index in [2.05, 4.69) is 0 Å². The molecule has 0 radical (unpaired) electrons. The van der Waals surface area contributed by atoms with E-state index < -0.39 is 5.97 Å². The number of esters is 1. The third kappa shape index (κ3) is 5.24. The van der Waals surface area contributed by atoms with Gasteiger partial charge in [0.2, 0.25) is 0 Å². The second-order valence-electron chi connectivity index (χ2n) is 5.22. The summed E-state index contributed by atoms with van der Waals surface area (Å²) in [5.74, 6) is 0.849. The smallest absolute Gasteiger partial charge is 0.344 e. The zero-order valence-electron chi connectivity index (χ0n) is 14.4. The molecule has 2 aromatic carbocycles. The van der Waals surface area contributed by atoms with E-state index in [1.807, 2.05) is 18.2 Å². The van der Waals surface area contributed by atoms with Crippen LogP contribution in [-0.4, -0.2) is 32.6 Å². The van der Waals surface area contributed by atoms with Crippen molar-refractivity contribution in [3.8, 4) is 17.2 Å². The summed E-state index contributed by atoms with van der Waals surface area (Å²) in [5.41, 5.74) is 1.32. The van der Waals surface area contributed by atoms with Gasteiger partial charge in [-0.3, -0.25) is 4.79 Å². The molecule has 0 atom stereocenters. The van der Waals surface area contributed by atoms with Crippen molar-refractivity contribution < 1.29 is 28.5 Å². The summed E-state index contributed by atoms with van der Waals surface area (Å²) in [5, 5.41) is 0. The molecule has 0 fully saturated rings. The van der Waals surface area contributed by atoms with Gasteiger partial charge in [0.15, 0.2) is 23.9 Å². The standard InChI is InChI=1S/C19H20O6/c1-13(20)15-7-8-17(18(10-15)23-3)24-12-19(21)25-11-14-5-4-6-16(9-14)22-2/h4-10H,11-12H2,1-3H3. The highest BCUT2D eigenvalue weighted by Gasteiger charge is 2.11. The lowest BCUT2D eigenvalue weighted by Crippen LogP contribution is -2.15. The fraction of sp³-hybridized carbons (Fsp3) is 0.263. The molecule has 2 aromatic rings. The molecular formula is C19H20O6. The van der Waals surface area contributed by atoms with E-state index in [1.165, 1.54) is 14.0 Å². The Labute approximate surface area is 146 Å². The summed E-state index contributed by atoms with van der Waals surface area (Å²) in [4.78, 5) is 23.2. The predicted molar refractivity (Wildman–Crippen MR) is 91.3 cm³/mol. The predicted octanol–water partition coefficient (Wildman–Crippen LogP) is 3.03. The summed E-state index contributed by atoms with van der Waals surface area (Å²) < 4.78 is 20.9. The molecule has 0 heterocycles. The van der Waals surface area contributed by atoms with Crippen LogP contribution in [0.4, 0.5) is 0 Å². The lowest BCUT2D eigenvalue weighted by molar-refractivity contribution is -0.147. The molecule has 0 saturated heterocycles. The number of benzene rings is 2. The van der Waals surface area contributed by atoms with E-state index >= 15 is 0 Å². The zero-order valence-corrected chi connectivity index (χ0v) is 14.4. The number of rotatable bonds is 8. The van der Waals surface area contributed by atoms with Crippen LogP contribution in [-0.2, 0) is 16.1 Å². The van der Waals surface area contributed by atoms with Gasteiger partial charge in [0.1, 0.15) is 12.4 Å². The Kier molecular flexibility index (Phi) is 6.39. The lowest BCUT2D eigenvalue weighted by atomic mass is 10.1. The molecule has 0 saturated carbocycles. The first kappa shape index (κ1) is 18.3. The van der Waals surface area contributed by atoms with E-state index in [0.29, 0.717) is 22.8 Å². The van der Waals surface area contributed by atoms with Crippen LogP contribution in [0.2, 0.25) is 0 Å². The molecule has 0 N–H and O–H groups in total. The fourth-order valence-corrected chi connectivity index (χ4v) is 2.11. The zero-order chi connectivity index (χ0) is 18.2. The van der Waals surface area contributed by atoms with Crippen molar-refractivity contribution in [2.75, 3.05) is 20.8 Å². The Hall–Kier alpha value is -3.02. The number of Topliss-reactive ketones (excluding diaryl/α,β-unsaturated/α-hetero) is 1. The molecule has 0 amide bonds. The second-order valence-corrected chi connectivity index (χ2v) is 5.22. The summed E-state index contributed by atoms with van der Waals surface area (Å²) in [7, 11) is 3.04. The number of hydrogen-bond acceptors (Lipinski definition) is 6. The van der Waals surface area contributed by atoms with Gasteiger partial charge in [-0.15, -0.1) is 0 Å². The van der Waals surface area contributed by atoms with E-state index in [4.69, 9.17) is 18.9 Å². The molecule has 0 aliphatic carbocycles. The second kappa shape index (κ2) is 8.73. The van der Waals surface area contributed by atoms with Crippen LogP contribution < -0.4 is 14.2 Å². The van der Waals surface area contributed by atoms with Gasteiger partial charge < -0.3 is 18.9 Å². The first-order valence-corrected chi connectivity index (χ1v) is 7.64. The van der Waals surface area contributed by atoms with Crippen molar-refractivity contribution in [2.45, 2.75) is 13.5 Å². The Balaban J connectivity index is 1.90. The van der Waals surface area contributed by atoms with Gasteiger partial charge in [0, 0.05) is 5.56 Å². The van der Waals surface area contributed by atoms with Crippen molar-refractivity contribution in [2.24, 2.45) is 0 Å². The van der Waals surface area contributed by atoms with Crippen LogP contribution in [0.5, 0.6) is 17.2 Å². The third-order valence-corrected chi connectivity index (χ3v) is 3.45. The molecule has 0 aliphatic rings. The van der Waals surface area contributed by atoms with Gasteiger partial charge in [-0.1, -0.05) is 12.1 Å². The van der Waals surface area contributed by atoms with Crippen molar-refractivity contribution in [3.05, 3.63) is 53.6 Å². The van der Waals surface area contributed by atoms with Crippen molar-refractivity contribution in [3.63, 3.8) is 0 Å². The minimum absolute atomic E-state index is 0.0810. The molecule has 132 valence electrons. The van der Waals surface area contributed by atoms with Crippen molar-refractivity contribution in [1.29, 1.82) is 0 Å². The highest BCUT2D eigenvalue weighted by atomic mass is 16.6. The topological polar surface area (TPSA) is 71.1 Å². The summed E-state index contributed by atoms with van der Waals surface area (Å²) in [6.45, 7) is 1.32. The largest absolute Gasteiger partial charge is 0.497 e. The number of ether oxygens (including phenoxy) is 4. The molecule has 25 heavy (non-hydrogen) atoms. The van der Waals surface area contributed by atoms with Crippen LogP contribution in [0.25, 0.3) is 0 Å². The van der Waals surface area contributed by atoms with E-state index in [-0.39, 0.29) is 19.0 Å². The Morgan fingerprint density at radius 2 is 1.76 bits per heavy atom. The average molecular weight is 344 g/mol. The van der Waals surface area contributed by atoms with Gasteiger partial charge in [-0.25, -0.2) is 4.79 Å². The van der Waals surface area contributed by atoms with Crippen molar-refractivity contribution in [1.82, 2.24) is 0 Å². The van der Waals surface area contributed by atoms with E-state index in [9.17, 15) is 9.59 Å². The lowest BCUT2D eigenvalue weighted by Gasteiger charge is -2.11. The highest BCUT2D eigenvalue weighted by Crippen LogP contribution is 2.28. The number of hydrogen-bond donors (Lipinski definition) is 0. The van der Waals surface area contributed by atoms with Crippen LogP contribution in [0.3, 0.4) is 0 Å². The average Bonchev–Trinajstić information content (AvgIpc) is 2.64. The van der Waals surface area contributed by atoms with Crippen LogP contribution in [0, 0.1) is 0 Å². The first-order valence-electron chi connectivity index (χ1n) is 7.64. The third-order valence-electron chi connectivity index (χ3n) is 3.45. The monoisotopic (exact) mass is 344 g/mol. The minimum atomic E-state index is -0.513. The molecular weight excluding hydrogens is 324 g/mol. The van der Waals surface area contributed by atoms with E-state index in [0.717, 1.165) is 5.56 Å². The minimum Gasteiger partial charge on any atom is -0.497 e. The van der Waals surface area contributed by atoms with Gasteiger partial charge in [0.25, 0.3) is 0 Å². The Bertz CT molecular complexity index is 753. The molecule has 0 spiro atoms. The SMILES string of the molecule is COc1cccc(COC(=O)COc2ccc(C(C)=O)cc2OC)c1. The number of carbonyl (C=O) groups is 2. The van der Waals surface area contributed by atoms with Gasteiger partial charge in [-0.2, -0.15) is 0 Å². The molecule has 6 heteroatoms. The molecule has 0 unspecified atom stereocenters. The molecule has 0 bridgehead atoms. The summed E-state index contributed by atoms with van der Waals surface area (Å²) in [6, 6.07) is 12.0. The summed E-state index contributed by atoms with van der Waals surface area (Å²) >= 11 is 0. The maximum atomic E-state index is 11.8. The molecule has 0 aliphatic heterocycles. The first-order chi connectivity index (χ1) is 12.0. The quantitative estimate of drug-likeness (QED) is 0.541. The van der Waals surface area contributed by atoms with Gasteiger partial charge in [-0.05, 0) is 42.8 Å². The summed E-state index contributed by atoms with van der Waals surface area (Å²) in [6.07, 6.45) is 0.